The molecule has 1 saturated heterocycles. The molecule has 2 atom stereocenters. The van der Waals surface area contributed by atoms with E-state index < -0.39 is 30.0 Å². The van der Waals surface area contributed by atoms with Crippen molar-refractivity contribution >= 4 is 5.97 Å². The maximum absolute atomic E-state index is 13.4. The lowest BCUT2D eigenvalue weighted by molar-refractivity contribution is -0.181. The number of piperidine rings is 1. The van der Waals surface area contributed by atoms with E-state index in [4.69, 9.17) is 4.74 Å². The van der Waals surface area contributed by atoms with Crippen molar-refractivity contribution in [1.29, 1.82) is 0 Å². The highest BCUT2D eigenvalue weighted by atomic mass is 19.3. The molecule has 2 N–H and O–H groups in total. The smallest absolute Gasteiger partial charge is 0.343 e. The number of alkyl halides is 2. The number of benzene rings is 1. The fourth-order valence-corrected chi connectivity index (χ4v) is 3.82. The Morgan fingerprint density at radius 2 is 1.88 bits per heavy atom. The molecule has 1 aromatic rings. The number of hydrogen-bond acceptors (Lipinski definition) is 4. The number of hydrogen-bond donors (Lipinski definition) is 2. The van der Waals surface area contributed by atoms with Crippen molar-refractivity contribution in [3.8, 4) is 0 Å². The van der Waals surface area contributed by atoms with Crippen molar-refractivity contribution in [3.05, 3.63) is 35.4 Å². The molecule has 2 fully saturated rings. The van der Waals surface area contributed by atoms with E-state index in [1.807, 2.05) is 19.1 Å². The number of carbonyl (C=O) groups is 1. The van der Waals surface area contributed by atoms with Crippen molar-refractivity contribution in [2.24, 2.45) is 5.92 Å². The normalized spacial score (nSPS) is 26.2. The predicted octanol–water partition coefficient (Wildman–Crippen LogP) is 2.91. The Labute approximate surface area is 146 Å². The van der Waals surface area contributed by atoms with E-state index in [0.29, 0.717) is 31.5 Å². The van der Waals surface area contributed by atoms with Crippen LogP contribution in [0.2, 0.25) is 0 Å². The Kier molecular flexibility index (Phi) is 5.11. The van der Waals surface area contributed by atoms with Gasteiger partial charge in [0.25, 0.3) is 5.92 Å². The highest BCUT2D eigenvalue weighted by Crippen LogP contribution is 2.40. The molecule has 0 spiro atoms. The summed E-state index contributed by atoms with van der Waals surface area (Å²) in [5.74, 6) is -3.89. The number of aliphatic hydroxyl groups is 1. The minimum Gasteiger partial charge on any atom is -0.460 e. The molecule has 1 saturated carbocycles. The number of halogens is 2. The molecule has 0 aromatic heterocycles. The third-order valence-corrected chi connectivity index (χ3v) is 5.36. The number of aryl methyl sites for hydroxylation is 1. The van der Waals surface area contributed by atoms with Crippen LogP contribution in [0.15, 0.2) is 24.3 Å². The Balaban J connectivity index is 1.85. The van der Waals surface area contributed by atoms with Crippen molar-refractivity contribution in [1.82, 2.24) is 5.32 Å². The van der Waals surface area contributed by atoms with Gasteiger partial charge in [-0.05, 0) is 44.8 Å². The van der Waals surface area contributed by atoms with Gasteiger partial charge in [-0.1, -0.05) is 29.8 Å². The number of esters is 1. The van der Waals surface area contributed by atoms with Crippen LogP contribution in [0.4, 0.5) is 8.78 Å². The first-order valence-corrected chi connectivity index (χ1v) is 8.90. The summed E-state index contributed by atoms with van der Waals surface area (Å²) in [6, 6.07) is 7.11. The van der Waals surface area contributed by atoms with Crippen molar-refractivity contribution in [3.63, 3.8) is 0 Å². The van der Waals surface area contributed by atoms with E-state index in [2.05, 4.69) is 5.32 Å². The summed E-state index contributed by atoms with van der Waals surface area (Å²) in [5, 5.41) is 14.6. The molecular formula is C19H25F2NO3. The highest BCUT2D eigenvalue weighted by Gasteiger charge is 2.49. The third kappa shape index (κ3) is 3.85. The summed E-state index contributed by atoms with van der Waals surface area (Å²) in [6.45, 7) is 3.33. The van der Waals surface area contributed by atoms with Crippen LogP contribution in [-0.2, 0) is 15.1 Å². The largest absolute Gasteiger partial charge is 0.460 e. The molecule has 2 unspecified atom stereocenters. The minimum atomic E-state index is -2.79. The van der Waals surface area contributed by atoms with Crippen LogP contribution in [0.5, 0.6) is 0 Å². The molecule has 0 bridgehead atoms. The molecule has 2 aliphatic rings. The minimum absolute atomic E-state index is 0.134. The lowest BCUT2D eigenvalue weighted by Gasteiger charge is -2.37. The summed E-state index contributed by atoms with van der Waals surface area (Å²) in [4.78, 5) is 12.9. The van der Waals surface area contributed by atoms with Crippen LogP contribution in [0, 0.1) is 12.8 Å². The first-order chi connectivity index (χ1) is 11.8. The lowest BCUT2D eigenvalue weighted by atomic mass is 9.76. The van der Waals surface area contributed by atoms with Gasteiger partial charge in [0, 0.05) is 18.8 Å². The van der Waals surface area contributed by atoms with Gasteiger partial charge < -0.3 is 15.2 Å². The monoisotopic (exact) mass is 353 g/mol. The van der Waals surface area contributed by atoms with Crippen LogP contribution < -0.4 is 5.32 Å². The fraction of sp³-hybridized carbons (Fsp3) is 0.632. The second-order valence-electron chi connectivity index (χ2n) is 7.28. The zero-order chi connectivity index (χ0) is 18.1. The number of carbonyl (C=O) groups excluding carboxylic acids is 1. The van der Waals surface area contributed by atoms with E-state index in [9.17, 15) is 18.7 Å². The van der Waals surface area contributed by atoms with Crippen LogP contribution >= 0.6 is 0 Å². The van der Waals surface area contributed by atoms with Gasteiger partial charge in [-0.25, -0.2) is 13.6 Å². The predicted molar refractivity (Wildman–Crippen MR) is 89.3 cm³/mol. The summed E-state index contributed by atoms with van der Waals surface area (Å²) in [6.07, 6.45) is -0.188. The van der Waals surface area contributed by atoms with Gasteiger partial charge in [0.15, 0.2) is 5.60 Å². The first kappa shape index (κ1) is 18.3. The van der Waals surface area contributed by atoms with Crippen LogP contribution in [0.1, 0.15) is 43.2 Å². The second-order valence-corrected chi connectivity index (χ2v) is 7.28. The van der Waals surface area contributed by atoms with Gasteiger partial charge in [0.1, 0.15) is 6.10 Å². The van der Waals surface area contributed by atoms with Crippen LogP contribution in [0.3, 0.4) is 0 Å². The zero-order valence-electron chi connectivity index (χ0n) is 14.4. The maximum Gasteiger partial charge on any atom is 0.343 e. The Morgan fingerprint density at radius 1 is 1.24 bits per heavy atom. The summed E-state index contributed by atoms with van der Waals surface area (Å²) in [7, 11) is 0. The number of rotatable bonds is 4. The molecular weight excluding hydrogens is 328 g/mol. The molecule has 0 radical (unpaired) electrons. The second kappa shape index (κ2) is 7.00. The van der Waals surface area contributed by atoms with E-state index in [1.165, 1.54) is 0 Å². The average molecular weight is 353 g/mol. The highest BCUT2D eigenvalue weighted by molar-refractivity contribution is 5.81. The van der Waals surface area contributed by atoms with Gasteiger partial charge >= 0.3 is 5.97 Å². The van der Waals surface area contributed by atoms with Gasteiger partial charge in [-0.15, -0.1) is 0 Å². The Hall–Kier alpha value is -1.53. The van der Waals surface area contributed by atoms with Gasteiger partial charge in [-0.3, -0.25) is 0 Å². The molecule has 4 nitrogen and oxygen atoms in total. The quantitative estimate of drug-likeness (QED) is 0.817. The summed E-state index contributed by atoms with van der Waals surface area (Å²) in [5.41, 5.74) is -0.312. The van der Waals surface area contributed by atoms with E-state index >= 15 is 0 Å². The van der Waals surface area contributed by atoms with Crippen molar-refractivity contribution < 1.29 is 23.4 Å². The topological polar surface area (TPSA) is 58.6 Å². The third-order valence-electron chi connectivity index (χ3n) is 5.36. The summed E-state index contributed by atoms with van der Waals surface area (Å²) < 4.78 is 32.2. The Bertz CT molecular complexity index is 614. The average Bonchev–Trinajstić information content (AvgIpc) is 2.94. The summed E-state index contributed by atoms with van der Waals surface area (Å²) >= 11 is 0. The number of nitrogens with one attached hydrogen (secondary N) is 1. The molecule has 1 heterocycles. The van der Waals surface area contributed by atoms with Gasteiger partial charge in [0.05, 0.1) is 0 Å². The van der Waals surface area contributed by atoms with E-state index in [0.717, 1.165) is 5.56 Å². The molecule has 0 amide bonds. The van der Waals surface area contributed by atoms with Crippen molar-refractivity contribution in [2.75, 3.05) is 13.1 Å². The van der Waals surface area contributed by atoms with Gasteiger partial charge in [-0.2, -0.15) is 0 Å². The van der Waals surface area contributed by atoms with Crippen molar-refractivity contribution in [2.45, 2.75) is 56.7 Å². The van der Waals surface area contributed by atoms with Gasteiger partial charge in [0.2, 0.25) is 0 Å². The van der Waals surface area contributed by atoms with E-state index in [1.54, 1.807) is 12.1 Å². The molecule has 6 heteroatoms. The fourth-order valence-electron chi connectivity index (χ4n) is 3.82. The van der Waals surface area contributed by atoms with E-state index in [-0.39, 0.29) is 18.8 Å². The standard InChI is InChI=1S/C19H25F2NO3/c1-13-2-4-14(5-3-13)19(24,15-7-10-22-11-8-15)17(23)25-16-6-9-18(20,21)12-16/h2-5,15-16,22,24H,6-12H2,1H3. The SMILES string of the molecule is Cc1ccc(C(O)(C(=O)OC2CCC(F)(F)C2)C2CCNCC2)cc1. The van der Waals surface area contributed by atoms with Crippen LogP contribution in [0.25, 0.3) is 0 Å². The molecule has 1 aliphatic carbocycles. The lowest BCUT2D eigenvalue weighted by Crippen LogP contribution is -2.49. The molecule has 1 aliphatic heterocycles. The molecule has 138 valence electrons. The van der Waals surface area contributed by atoms with Crippen LogP contribution in [-0.4, -0.2) is 36.2 Å². The Morgan fingerprint density at radius 3 is 2.44 bits per heavy atom. The maximum atomic E-state index is 13.4. The molecule has 1 aromatic carbocycles. The number of ether oxygens (including phenoxy) is 1. The zero-order valence-corrected chi connectivity index (χ0v) is 14.4. The molecule has 3 rings (SSSR count). The molecule has 25 heavy (non-hydrogen) atoms. The first-order valence-electron chi connectivity index (χ1n) is 8.90.